The predicted octanol–water partition coefficient (Wildman–Crippen LogP) is 2.82. The highest BCUT2D eigenvalue weighted by atomic mass is 32.2. The van der Waals surface area contributed by atoms with Gasteiger partial charge in [-0.15, -0.1) is 11.8 Å². The molecule has 0 bridgehead atoms. The summed E-state index contributed by atoms with van der Waals surface area (Å²) in [5.74, 6) is 0.601. The van der Waals surface area contributed by atoms with Gasteiger partial charge in [-0.1, -0.05) is 0 Å². The normalized spacial score (nSPS) is 11.2. The summed E-state index contributed by atoms with van der Waals surface area (Å²) in [7, 11) is 0. The summed E-state index contributed by atoms with van der Waals surface area (Å²) in [4.78, 5) is 8.59. The van der Waals surface area contributed by atoms with E-state index in [1.807, 2.05) is 0 Å². The van der Waals surface area contributed by atoms with E-state index in [2.05, 4.69) is 15.1 Å². The van der Waals surface area contributed by atoms with Crippen LogP contribution in [0.5, 0.6) is 0 Å². The second-order valence-electron chi connectivity index (χ2n) is 4.73. The van der Waals surface area contributed by atoms with Gasteiger partial charge in [0.2, 0.25) is 0 Å². The lowest BCUT2D eigenvalue weighted by molar-refractivity contribution is 0.287. The summed E-state index contributed by atoms with van der Waals surface area (Å²) in [6, 6.07) is 6.12. The van der Waals surface area contributed by atoms with Gasteiger partial charge in [0, 0.05) is 6.61 Å². The van der Waals surface area contributed by atoms with Crippen LogP contribution >= 0.6 is 11.8 Å². The van der Waals surface area contributed by atoms with Crippen molar-refractivity contribution < 1.29 is 9.50 Å². The summed E-state index contributed by atoms with van der Waals surface area (Å²) in [6.45, 7) is 0.211. The van der Waals surface area contributed by atoms with Gasteiger partial charge in [-0.25, -0.2) is 19.0 Å². The summed E-state index contributed by atoms with van der Waals surface area (Å²) in [5, 5.41) is 14.9. The second-order valence-corrected chi connectivity index (χ2v) is 5.81. The van der Waals surface area contributed by atoms with Crippen molar-refractivity contribution in [3.63, 3.8) is 0 Å². The van der Waals surface area contributed by atoms with Gasteiger partial charge in [-0.05, 0) is 42.9 Å². The van der Waals surface area contributed by atoms with Crippen LogP contribution in [0.1, 0.15) is 12.8 Å². The highest BCUT2D eigenvalue weighted by molar-refractivity contribution is 7.99. The standard InChI is InChI=1S/C15H15FN4OS/c16-11-3-5-12(6-4-11)20-14-13(9-19-20)15(18-10-17-14)22-8-2-1-7-21/h3-6,9-10,21H,1-2,7-8H2. The highest BCUT2D eigenvalue weighted by Gasteiger charge is 2.11. The number of thioether (sulfide) groups is 1. The van der Waals surface area contributed by atoms with E-state index in [1.54, 1.807) is 34.8 Å². The molecule has 0 unspecified atom stereocenters. The molecule has 1 aromatic carbocycles. The predicted molar refractivity (Wildman–Crippen MR) is 83.7 cm³/mol. The Morgan fingerprint density at radius 3 is 2.73 bits per heavy atom. The summed E-state index contributed by atoms with van der Waals surface area (Å²) in [5.41, 5.74) is 1.46. The van der Waals surface area contributed by atoms with E-state index in [0.29, 0.717) is 5.65 Å². The van der Waals surface area contributed by atoms with Gasteiger partial charge < -0.3 is 5.11 Å². The Kier molecular flexibility index (Phi) is 4.65. The van der Waals surface area contributed by atoms with Gasteiger partial charge in [0.15, 0.2) is 5.65 Å². The maximum absolute atomic E-state index is 13.0. The minimum atomic E-state index is -0.282. The fourth-order valence-corrected chi connectivity index (χ4v) is 3.05. The maximum Gasteiger partial charge on any atom is 0.167 e. The van der Waals surface area contributed by atoms with Gasteiger partial charge >= 0.3 is 0 Å². The van der Waals surface area contributed by atoms with Gasteiger partial charge in [-0.3, -0.25) is 0 Å². The minimum absolute atomic E-state index is 0.211. The molecule has 114 valence electrons. The Morgan fingerprint density at radius 1 is 1.14 bits per heavy atom. The molecule has 5 nitrogen and oxygen atoms in total. The molecule has 2 heterocycles. The SMILES string of the molecule is OCCCCSc1ncnc2c1cnn2-c1ccc(F)cc1. The van der Waals surface area contributed by atoms with E-state index in [1.165, 1.54) is 18.5 Å². The topological polar surface area (TPSA) is 63.8 Å². The fourth-order valence-electron chi connectivity index (χ4n) is 2.09. The van der Waals surface area contributed by atoms with Crippen molar-refractivity contribution in [1.82, 2.24) is 19.7 Å². The minimum Gasteiger partial charge on any atom is -0.396 e. The zero-order valence-corrected chi connectivity index (χ0v) is 12.6. The molecule has 3 aromatic rings. The van der Waals surface area contributed by atoms with Crippen molar-refractivity contribution in [3.8, 4) is 5.69 Å². The molecule has 7 heteroatoms. The van der Waals surface area contributed by atoms with Crippen LogP contribution in [0.3, 0.4) is 0 Å². The molecule has 1 N–H and O–H groups in total. The highest BCUT2D eigenvalue weighted by Crippen LogP contribution is 2.26. The molecule has 0 spiro atoms. The van der Waals surface area contributed by atoms with Crippen LogP contribution in [0.25, 0.3) is 16.7 Å². The molecule has 0 fully saturated rings. The Bertz CT molecular complexity index is 760. The molecular formula is C15H15FN4OS. The van der Waals surface area contributed by atoms with Crippen LogP contribution in [-0.4, -0.2) is 37.2 Å². The Labute approximate surface area is 131 Å². The Balaban J connectivity index is 1.90. The molecule has 0 atom stereocenters. The molecule has 0 saturated carbocycles. The number of aromatic nitrogens is 4. The third kappa shape index (κ3) is 3.10. The molecule has 3 rings (SSSR count). The molecular weight excluding hydrogens is 303 g/mol. The molecule has 0 saturated heterocycles. The lowest BCUT2D eigenvalue weighted by Crippen LogP contribution is -1.98. The number of halogens is 1. The number of aliphatic hydroxyl groups is 1. The number of unbranched alkanes of at least 4 members (excludes halogenated alkanes) is 1. The number of nitrogens with zero attached hydrogens (tertiary/aromatic N) is 4. The largest absolute Gasteiger partial charge is 0.396 e. The van der Waals surface area contributed by atoms with Gasteiger partial charge in [0.25, 0.3) is 0 Å². The van der Waals surface area contributed by atoms with Crippen LogP contribution in [0.15, 0.2) is 41.8 Å². The number of aliphatic hydroxyl groups excluding tert-OH is 1. The van der Waals surface area contributed by atoms with Crippen LogP contribution in [-0.2, 0) is 0 Å². The van der Waals surface area contributed by atoms with Gasteiger partial charge in [-0.2, -0.15) is 5.10 Å². The lowest BCUT2D eigenvalue weighted by Gasteiger charge is -2.04. The van der Waals surface area contributed by atoms with Crippen molar-refractivity contribution >= 4 is 22.8 Å². The van der Waals surface area contributed by atoms with Crippen molar-refractivity contribution in [2.24, 2.45) is 0 Å². The number of fused-ring (bicyclic) bond motifs is 1. The van der Waals surface area contributed by atoms with E-state index in [0.717, 1.165) is 34.7 Å². The average molecular weight is 318 g/mol. The molecule has 0 radical (unpaired) electrons. The number of rotatable bonds is 6. The second kappa shape index (κ2) is 6.85. The monoisotopic (exact) mass is 318 g/mol. The van der Waals surface area contributed by atoms with Crippen molar-refractivity contribution in [2.75, 3.05) is 12.4 Å². The number of hydrogen-bond acceptors (Lipinski definition) is 5. The molecule has 0 amide bonds. The van der Waals surface area contributed by atoms with E-state index in [-0.39, 0.29) is 12.4 Å². The van der Waals surface area contributed by atoms with E-state index in [4.69, 9.17) is 5.11 Å². The summed E-state index contributed by atoms with van der Waals surface area (Å²) in [6.07, 6.45) is 4.96. The van der Waals surface area contributed by atoms with Crippen LogP contribution < -0.4 is 0 Å². The molecule has 0 aliphatic carbocycles. The molecule has 2 aromatic heterocycles. The van der Waals surface area contributed by atoms with Crippen LogP contribution in [0.4, 0.5) is 4.39 Å². The van der Waals surface area contributed by atoms with Crippen molar-refractivity contribution in [3.05, 3.63) is 42.6 Å². The quantitative estimate of drug-likeness (QED) is 0.430. The fraction of sp³-hybridized carbons (Fsp3) is 0.267. The first-order valence-electron chi connectivity index (χ1n) is 6.98. The maximum atomic E-state index is 13.0. The lowest BCUT2D eigenvalue weighted by atomic mass is 10.3. The van der Waals surface area contributed by atoms with Crippen LogP contribution in [0.2, 0.25) is 0 Å². The summed E-state index contributed by atoms with van der Waals surface area (Å²) >= 11 is 1.63. The zero-order valence-electron chi connectivity index (χ0n) is 11.8. The smallest absolute Gasteiger partial charge is 0.167 e. The van der Waals surface area contributed by atoms with Gasteiger partial charge in [0.05, 0.1) is 17.3 Å². The molecule has 0 aliphatic rings. The van der Waals surface area contributed by atoms with Gasteiger partial charge in [0.1, 0.15) is 17.2 Å². The first-order valence-corrected chi connectivity index (χ1v) is 7.96. The number of hydrogen-bond donors (Lipinski definition) is 1. The third-order valence-electron chi connectivity index (χ3n) is 3.19. The molecule has 0 aliphatic heterocycles. The average Bonchev–Trinajstić information content (AvgIpc) is 2.97. The first-order chi connectivity index (χ1) is 10.8. The summed E-state index contributed by atoms with van der Waals surface area (Å²) < 4.78 is 14.7. The Morgan fingerprint density at radius 2 is 1.95 bits per heavy atom. The van der Waals surface area contributed by atoms with Crippen molar-refractivity contribution in [2.45, 2.75) is 17.9 Å². The number of benzene rings is 1. The van der Waals surface area contributed by atoms with Crippen molar-refractivity contribution in [1.29, 1.82) is 0 Å². The van der Waals surface area contributed by atoms with E-state index >= 15 is 0 Å². The van der Waals surface area contributed by atoms with E-state index < -0.39 is 0 Å². The molecule has 22 heavy (non-hydrogen) atoms. The zero-order chi connectivity index (χ0) is 15.4. The van der Waals surface area contributed by atoms with Crippen LogP contribution in [0, 0.1) is 5.82 Å². The van der Waals surface area contributed by atoms with E-state index in [9.17, 15) is 4.39 Å². The first kappa shape index (κ1) is 14.9. The Hall–Kier alpha value is -1.99. The third-order valence-corrected chi connectivity index (χ3v) is 4.28.